The van der Waals surface area contributed by atoms with Crippen molar-refractivity contribution in [3.8, 4) is 0 Å². The molecule has 15 nitrogen and oxygen atoms in total. The number of halogens is 1. The van der Waals surface area contributed by atoms with Gasteiger partial charge in [0.15, 0.2) is 6.04 Å². The smallest absolute Gasteiger partial charge is 0.325 e. The Morgan fingerprint density at radius 2 is 1.58 bits per heavy atom. The molecule has 0 saturated carbocycles. The maximum Gasteiger partial charge on any atom is 0.325 e. The molecular formula is C20H36FN4O11+. The number of ether oxygens (including phenoxy) is 1. The average Bonchev–Trinajstić information content (AvgIpc) is 2.83. The quantitative estimate of drug-likeness (QED) is 0.101. The van der Waals surface area contributed by atoms with E-state index >= 15 is 0 Å². The van der Waals surface area contributed by atoms with Crippen LogP contribution in [0.15, 0.2) is 0 Å². The van der Waals surface area contributed by atoms with Crippen molar-refractivity contribution in [3.05, 3.63) is 0 Å². The second kappa shape index (κ2) is 13.7. The molecule has 0 aromatic carbocycles. The maximum absolute atomic E-state index is 14.6. The third-order valence-corrected chi connectivity index (χ3v) is 5.72. The minimum absolute atomic E-state index is 0.0970. The molecule has 1 heterocycles. The number of aliphatic hydroxyl groups is 5. The van der Waals surface area contributed by atoms with E-state index in [1.165, 1.54) is 13.8 Å². The lowest BCUT2D eigenvalue weighted by Gasteiger charge is -2.46. The number of aliphatic hydroxyl groups excluding tert-OH is 4. The fourth-order valence-corrected chi connectivity index (χ4v) is 3.32. The number of carboxylic acid groups (broad SMARTS) is 1. The van der Waals surface area contributed by atoms with Gasteiger partial charge in [-0.1, -0.05) is 0 Å². The van der Waals surface area contributed by atoms with Gasteiger partial charge in [0.25, 0.3) is 11.8 Å². The van der Waals surface area contributed by atoms with Crippen LogP contribution in [0.25, 0.3) is 0 Å². The number of nitrogens with one attached hydrogen (secondary N) is 3. The van der Waals surface area contributed by atoms with Gasteiger partial charge < -0.3 is 57.1 Å². The Bertz CT molecular complexity index is 789. The van der Waals surface area contributed by atoms with Gasteiger partial charge in [-0.05, 0) is 26.7 Å². The molecule has 16 heteroatoms. The highest BCUT2D eigenvalue weighted by Gasteiger charge is 2.59. The van der Waals surface area contributed by atoms with Crippen LogP contribution >= 0.6 is 0 Å². The molecule has 1 fully saturated rings. The molecule has 0 spiro atoms. The minimum atomic E-state index is -3.21. The summed E-state index contributed by atoms with van der Waals surface area (Å²) < 4.78 is 19.4. The Morgan fingerprint density at radius 3 is 2.14 bits per heavy atom. The molecule has 1 rings (SSSR count). The fraction of sp³-hybridized carbons (Fsp3) is 0.800. The number of amides is 3. The highest BCUT2D eigenvalue weighted by Crippen LogP contribution is 2.32. The Kier molecular flexibility index (Phi) is 12.0. The number of carbonyl (C=O) groups excluding carboxylic acids is 3. The molecule has 0 aromatic heterocycles. The van der Waals surface area contributed by atoms with Gasteiger partial charge in [0.1, 0.15) is 36.5 Å². The number of alkyl halides is 1. The van der Waals surface area contributed by atoms with Gasteiger partial charge in [-0.3, -0.25) is 19.2 Å². The van der Waals surface area contributed by atoms with Crippen LogP contribution in [0.3, 0.4) is 0 Å². The summed E-state index contributed by atoms with van der Waals surface area (Å²) >= 11 is 0. The molecule has 3 amide bonds. The van der Waals surface area contributed by atoms with E-state index < -0.39 is 84.8 Å². The predicted molar refractivity (Wildman–Crippen MR) is 116 cm³/mol. The van der Waals surface area contributed by atoms with Crippen molar-refractivity contribution in [3.63, 3.8) is 0 Å². The summed E-state index contributed by atoms with van der Waals surface area (Å²) in [6.07, 6.45) is -9.96. The molecule has 0 bridgehead atoms. The SMILES string of the molecule is C[C@H](NC(=O)[C@H](C)NC(=O)[C@@H]([NH3+])CCCCNC(=O)[C@H](F)[C@]1(O)O[C@H](CO)[C@H](O)[C@H](O)[C@H]1O)C(=O)O. The van der Waals surface area contributed by atoms with Crippen LogP contribution < -0.4 is 21.7 Å². The average molecular weight is 528 g/mol. The van der Waals surface area contributed by atoms with Crippen molar-refractivity contribution in [1.82, 2.24) is 16.0 Å². The van der Waals surface area contributed by atoms with E-state index in [1.807, 2.05) is 0 Å². The van der Waals surface area contributed by atoms with Crippen molar-refractivity contribution >= 4 is 23.7 Å². The van der Waals surface area contributed by atoms with Gasteiger partial charge in [0.05, 0.1) is 6.61 Å². The van der Waals surface area contributed by atoms with Crippen molar-refractivity contribution in [2.24, 2.45) is 0 Å². The van der Waals surface area contributed by atoms with Crippen LogP contribution in [-0.2, 0) is 23.9 Å². The summed E-state index contributed by atoms with van der Waals surface area (Å²) in [6, 6.07) is -2.91. The number of rotatable bonds is 13. The van der Waals surface area contributed by atoms with E-state index in [0.29, 0.717) is 6.42 Å². The highest BCUT2D eigenvalue weighted by molar-refractivity contribution is 5.90. The second-order valence-corrected chi connectivity index (χ2v) is 8.66. The first-order valence-corrected chi connectivity index (χ1v) is 11.3. The Balaban J connectivity index is 2.44. The van der Waals surface area contributed by atoms with Crippen LogP contribution in [0.5, 0.6) is 0 Å². The lowest BCUT2D eigenvalue weighted by molar-refractivity contribution is -0.405. The molecule has 1 aliphatic heterocycles. The van der Waals surface area contributed by atoms with Crippen LogP contribution in [0.4, 0.5) is 4.39 Å². The zero-order chi connectivity index (χ0) is 27.8. The van der Waals surface area contributed by atoms with Crippen LogP contribution in [0.1, 0.15) is 33.1 Å². The van der Waals surface area contributed by atoms with Crippen LogP contribution in [-0.4, -0.2) is 122 Å². The number of aliphatic carboxylic acids is 1. The largest absolute Gasteiger partial charge is 0.480 e. The van der Waals surface area contributed by atoms with Gasteiger partial charge in [-0.15, -0.1) is 0 Å². The normalized spacial score (nSPS) is 29.4. The molecular weight excluding hydrogens is 491 g/mol. The second-order valence-electron chi connectivity index (χ2n) is 8.66. The number of carboxylic acids is 1. The monoisotopic (exact) mass is 527 g/mol. The van der Waals surface area contributed by atoms with Gasteiger partial charge in [-0.2, -0.15) is 0 Å². The summed E-state index contributed by atoms with van der Waals surface area (Å²) in [4.78, 5) is 46.9. The fourth-order valence-electron chi connectivity index (χ4n) is 3.32. The van der Waals surface area contributed by atoms with E-state index in [2.05, 4.69) is 21.7 Å². The first-order valence-electron chi connectivity index (χ1n) is 11.3. The van der Waals surface area contributed by atoms with Crippen molar-refractivity contribution < 1.29 is 64.7 Å². The van der Waals surface area contributed by atoms with Crippen molar-refractivity contribution in [2.75, 3.05) is 13.2 Å². The molecule has 0 aromatic rings. The summed E-state index contributed by atoms with van der Waals surface area (Å²) in [5.41, 5.74) is 3.68. The van der Waals surface area contributed by atoms with E-state index in [1.54, 1.807) is 0 Å². The summed E-state index contributed by atoms with van der Waals surface area (Å²) in [7, 11) is 0. The zero-order valence-electron chi connectivity index (χ0n) is 20.0. The lowest BCUT2D eigenvalue weighted by Crippen LogP contribution is -2.70. The number of quaternary nitrogens is 1. The van der Waals surface area contributed by atoms with Gasteiger partial charge in [-0.25, -0.2) is 4.39 Å². The zero-order valence-corrected chi connectivity index (χ0v) is 20.0. The van der Waals surface area contributed by atoms with E-state index in [4.69, 9.17) is 14.9 Å². The molecule has 9 atom stereocenters. The predicted octanol–water partition coefficient (Wildman–Crippen LogP) is -5.52. The van der Waals surface area contributed by atoms with E-state index in [0.717, 1.165) is 0 Å². The number of hydrogen-bond donors (Lipinski definition) is 10. The molecule has 0 radical (unpaired) electrons. The Morgan fingerprint density at radius 1 is 1.00 bits per heavy atom. The first-order chi connectivity index (χ1) is 16.7. The highest BCUT2D eigenvalue weighted by atomic mass is 19.1. The van der Waals surface area contributed by atoms with Crippen LogP contribution in [0, 0.1) is 0 Å². The lowest BCUT2D eigenvalue weighted by atomic mass is 9.89. The number of hydrogen-bond acceptors (Lipinski definition) is 10. The van der Waals surface area contributed by atoms with Crippen LogP contribution in [0.2, 0.25) is 0 Å². The summed E-state index contributed by atoms with van der Waals surface area (Å²) in [5.74, 6) is -7.06. The van der Waals surface area contributed by atoms with Crippen molar-refractivity contribution in [2.45, 2.75) is 87.6 Å². The Labute approximate surface area is 205 Å². The minimum Gasteiger partial charge on any atom is -0.480 e. The number of carbonyl (C=O) groups is 4. The third-order valence-electron chi connectivity index (χ3n) is 5.72. The molecule has 0 unspecified atom stereocenters. The first kappa shape index (κ1) is 31.6. The van der Waals surface area contributed by atoms with Gasteiger partial charge in [0, 0.05) is 13.0 Å². The maximum atomic E-state index is 14.6. The topological polar surface area (TPSA) is 263 Å². The standard InChI is InChI=1S/C20H35FN4O11/c1-8(16(30)25-9(2)19(33)34)24-17(31)10(22)5-3-4-6-23-18(32)14(21)20(35)15(29)13(28)12(27)11(7-26)36-20/h8-15,26-29,35H,3-7,22H2,1-2H3,(H,23,32)(H,24,31)(H,25,30)(H,33,34)/p+1/t8-,9-,10-,11+,12-,13-,14-,15+,20-/m0/s1. The molecule has 36 heavy (non-hydrogen) atoms. The number of unbranched alkanes of at least 4 members (excludes halogenated alkanes) is 1. The Hall–Kier alpha value is -2.47. The van der Waals surface area contributed by atoms with E-state index in [-0.39, 0.29) is 19.4 Å². The van der Waals surface area contributed by atoms with E-state index in [9.17, 15) is 44.0 Å². The van der Waals surface area contributed by atoms with Gasteiger partial charge in [0.2, 0.25) is 17.9 Å². The molecule has 1 saturated heterocycles. The molecule has 0 aliphatic carbocycles. The summed E-state index contributed by atoms with van der Waals surface area (Å²) in [5, 5.41) is 64.4. The van der Waals surface area contributed by atoms with Gasteiger partial charge >= 0.3 is 5.97 Å². The molecule has 1 aliphatic rings. The molecule has 208 valence electrons. The van der Waals surface area contributed by atoms with Crippen molar-refractivity contribution in [1.29, 1.82) is 0 Å². The third kappa shape index (κ3) is 8.02. The molecule has 12 N–H and O–H groups in total. The summed E-state index contributed by atoms with van der Waals surface area (Å²) in [6.45, 7) is 1.63.